The van der Waals surface area contributed by atoms with Crippen LogP contribution < -0.4 is 15.0 Å². The maximum Gasteiger partial charge on any atom is 0.187 e. The van der Waals surface area contributed by atoms with Crippen LogP contribution in [0.2, 0.25) is 0 Å². The molecule has 2 aromatic heterocycles. The van der Waals surface area contributed by atoms with Crippen LogP contribution in [0.4, 0.5) is 5.82 Å². The Labute approximate surface area is 174 Å². The normalized spacial score (nSPS) is 16.9. The van der Waals surface area contributed by atoms with Crippen molar-refractivity contribution >= 4 is 27.4 Å². The number of thiophene rings is 1. The minimum Gasteiger partial charge on any atom is -0.497 e. The summed E-state index contributed by atoms with van der Waals surface area (Å²) in [6.07, 6.45) is 3.57. The molecule has 0 atom stereocenters. The third-order valence-corrected chi connectivity index (χ3v) is 7.02. The van der Waals surface area contributed by atoms with Gasteiger partial charge in [-0.3, -0.25) is 0 Å². The van der Waals surface area contributed by atoms with E-state index in [0.717, 1.165) is 68.0 Å². The van der Waals surface area contributed by atoms with Crippen LogP contribution in [0.25, 0.3) is 10.2 Å². The molecule has 0 bridgehead atoms. The van der Waals surface area contributed by atoms with Crippen LogP contribution in [0, 0.1) is 0 Å². The van der Waals surface area contributed by atoms with Gasteiger partial charge in [-0.05, 0) is 42.5 Å². The predicted octanol–water partition coefficient (Wildman–Crippen LogP) is 2.22. The number of rotatable bonds is 6. The van der Waals surface area contributed by atoms with Gasteiger partial charge in [-0.25, -0.2) is 9.97 Å². The highest BCUT2D eigenvalue weighted by atomic mass is 32.1. The van der Waals surface area contributed by atoms with Gasteiger partial charge in [0.25, 0.3) is 0 Å². The molecule has 0 saturated carbocycles. The van der Waals surface area contributed by atoms with E-state index in [-0.39, 0.29) is 0 Å². The van der Waals surface area contributed by atoms with E-state index in [2.05, 4.69) is 17.4 Å². The highest BCUT2D eigenvalue weighted by Crippen LogP contribution is 2.39. The van der Waals surface area contributed by atoms with E-state index in [1.54, 1.807) is 7.11 Å². The fourth-order valence-corrected chi connectivity index (χ4v) is 5.52. The Morgan fingerprint density at radius 3 is 2.76 bits per heavy atom. The molecule has 6 nitrogen and oxygen atoms in total. The number of hydrogen-bond donors (Lipinski definition) is 2. The van der Waals surface area contributed by atoms with Gasteiger partial charge in [0.15, 0.2) is 5.82 Å². The van der Waals surface area contributed by atoms with Crippen LogP contribution in [0.15, 0.2) is 24.3 Å². The van der Waals surface area contributed by atoms with Crippen LogP contribution in [0.3, 0.4) is 0 Å². The maximum absolute atomic E-state index is 5.50. The monoisotopic (exact) mass is 411 g/mol. The van der Waals surface area contributed by atoms with Gasteiger partial charge in [0.05, 0.1) is 25.7 Å². The van der Waals surface area contributed by atoms with Crippen LogP contribution in [0.1, 0.15) is 28.2 Å². The summed E-state index contributed by atoms with van der Waals surface area (Å²) < 4.78 is 10.8. The van der Waals surface area contributed by atoms with E-state index in [0.29, 0.717) is 0 Å². The highest BCUT2D eigenvalue weighted by Gasteiger charge is 2.24. The number of fused-ring (bicyclic) bond motifs is 3. The van der Waals surface area contributed by atoms with Crippen molar-refractivity contribution in [1.82, 2.24) is 9.97 Å². The molecule has 7 heteroatoms. The molecule has 3 heterocycles. The van der Waals surface area contributed by atoms with Gasteiger partial charge in [0, 0.05) is 11.4 Å². The number of morpholine rings is 1. The topological polar surface area (TPSA) is 60.7 Å². The summed E-state index contributed by atoms with van der Waals surface area (Å²) >= 11 is 1.86. The number of methoxy groups -OCH3 is 1. The molecule has 2 aliphatic rings. The average Bonchev–Trinajstić information content (AvgIpc) is 3.34. The summed E-state index contributed by atoms with van der Waals surface area (Å²) in [7, 11) is 1.69. The van der Waals surface area contributed by atoms with Gasteiger partial charge in [-0.1, -0.05) is 12.1 Å². The van der Waals surface area contributed by atoms with Gasteiger partial charge >= 0.3 is 0 Å². The lowest BCUT2D eigenvalue weighted by Gasteiger charge is -2.23. The zero-order chi connectivity index (χ0) is 19.6. The first kappa shape index (κ1) is 18.8. The molecule has 0 radical (unpaired) electrons. The quantitative estimate of drug-likeness (QED) is 0.651. The summed E-state index contributed by atoms with van der Waals surface area (Å²) in [5.74, 6) is 2.81. The Balaban J connectivity index is 1.43. The number of quaternary nitrogens is 1. The predicted molar refractivity (Wildman–Crippen MR) is 115 cm³/mol. The minimum absolute atomic E-state index is 0.741. The van der Waals surface area contributed by atoms with E-state index < -0.39 is 0 Å². The molecule has 0 spiro atoms. The standard InChI is InChI=1S/C22H26N4O2S/c1-27-16-7-5-15(6-8-16)13-23-21-20-17-3-2-4-18(17)29-22(20)25-19(24-21)14-26-9-11-28-12-10-26/h5-8H,2-4,9-14H2,1H3,(H,23,24,25)/p+1. The number of hydrogen-bond acceptors (Lipinski definition) is 6. The molecule has 1 aliphatic heterocycles. The molecular formula is C22H27N4O2S+. The summed E-state index contributed by atoms with van der Waals surface area (Å²) in [6, 6.07) is 8.20. The van der Waals surface area contributed by atoms with Crippen LogP contribution >= 0.6 is 11.3 Å². The molecule has 1 aromatic carbocycles. The summed E-state index contributed by atoms with van der Waals surface area (Å²) in [4.78, 5) is 14.1. The fraction of sp³-hybridized carbons (Fsp3) is 0.455. The fourth-order valence-electron chi connectivity index (χ4n) is 4.24. The number of ether oxygens (including phenoxy) is 2. The number of nitrogens with zero attached hydrogens (tertiary/aromatic N) is 2. The molecule has 2 N–H and O–H groups in total. The highest BCUT2D eigenvalue weighted by molar-refractivity contribution is 7.19. The van der Waals surface area contributed by atoms with Crippen molar-refractivity contribution in [3.05, 3.63) is 46.1 Å². The van der Waals surface area contributed by atoms with Crippen molar-refractivity contribution in [3.8, 4) is 5.75 Å². The van der Waals surface area contributed by atoms with Gasteiger partial charge in [-0.2, -0.15) is 0 Å². The van der Waals surface area contributed by atoms with Gasteiger partial charge in [0.2, 0.25) is 0 Å². The SMILES string of the molecule is COc1ccc(CNc2nc(C[NH+]3CCOCC3)nc3sc4c(c23)CCC4)cc1. The first-order valence-corrected chi connectivity index (χ1v) is 11.2. The summed E-state index contributed by atoms with van der Waals surface area (Å²) in [6.45, 7) is 5.30. The van der Waals surface area contributed by atoms with E-state index in [1.165, 1.54) is 39.1 Å². The van der Waals surface area contributed by atoms with E-state index in [4.69, 9.17) is 19.4 Å². The van der Waals surface area contributed by atoms with Crippen molar-refractivity contribution < 1.29 is 14.4 Å². The Morgan fingerprint density at radius 1 is 1.14 bits per heavy atom. The van der Waals surface area contributed by atoms with Crippen molar-refractivity contribution in [2.45, 2.75) is 32.4 Å². The van der Waals surface area contributed by atoms with Crippen molar-refractivity contribution in [2.75, 3.05) is 38.7 Å². The summed E-state index contributed by atoms with van der Waals surface area (Å²) in [5.41, 5.74) is 2.68. The second-order valence-electron chi connectivity index (χ2n) is 7.77. The lowest BCUT2D eigenvalue weighted by Crippen LogP contribution is -3.12. The second kappa shape index (κ2) is 8.26. The van der Waals surface area contributed by atoms with E-state index in [1.807, 2.05) is 23.5 Å². The molecule has 5 rings (SSSR count). The Kier molecular flexibility index (Phi) is 5.35. The van der Waals surface area contributed by atoms with Crippen molar-refractivity contribution in [1.29, 1.82) is 0 Å². The molecule has 152 valence electrons. The zero-order valence-electron chi connectivity index (χ0n) is 16.8. The Morgan fingerprint density at radius 2 is 1.97 bits per heavy atom. The molecule has 0 amide bonds. The molecule has 1 fully saturated rings. The number of aromatic nitrogens is 2. The molecular weight excluding hydrogens is 384 g/mol. The number of aryl methyl sites for hydroxylation is 2. The lowest BCUT2D eigenvalue weighted by molar-refractivity contribution is -0.922. The van der Waals surface area contributed by atoms with Gasteiger partial charge in [0.1, 0.15) is 36.0 Å². The Hall–Kier alpha value is -2.22. The lowest BCUT2D eigenvalue weighted by atomic mass is 10.1. The number of nitrogens with one attached hydrogen (secondary N) is 2. The molecule has 1 saturated heterocycles. The van der Waals surface area contributed by atoms with Crippen LogP contribution in [-0.4, -0.2) is 43.4 Å². The number of anilines is 1. The van der Waals surface area contributed by atoms with Crippen molar-refractivity contribution in [2.24, 2.45) is 0 Å². The molecule has 3 aromatic rings. The summed E-state index contributed by atoms with van der Waals surface area (Å²) in [5, 5.41) is 4.86. The van der Waals surface area contributed by atoms with E-state index in [9.17, 15) is 0 Å². The molecule has 0 unspecified atom stereocenters. The largest absolute Gasteiger partial charge is 0.497 e. The molecule has 29 heavy (non-hydrogen) atoms. The number of benzene rings is 1. The Bertz CT molecular complexity index is 996. The van der Waals surface area contributed by atoms with Crippen LogP contribution in [0.5, 0.6) is 5.75 Å². The zero-order valence-corrected chi connectivity index (χ0v) is 17.6. The second-order valence-corrected chi connectivity index (χ2v) is 8.85. The van der Waals surface area contributed by atoms with Gasteiger partial charge < -0.3 is 19.7 Å². The van der Waals surface area contributed by atoms with E-state index >= 15 is 0 Å². The van der Waals surface area contributed by atoms with Gasteiger partial charge in [-0.15, -0.1) is 11.3 Å². The first-order valence-electron chi connectivity index (χ1n) is 10.4. The average molecular weight is 412 g/mol. The molecule has 1 aliphatic carbocycles. The smallest absolute Gasteiger partial charge is 0.187 e. The third kappa shape index (κ3) is 3.95. The first-order chi connectivity index (χ1) is 14.3. The maximum atomic E-state index is 5.50. The minimum atomic E-state index is 0.741. The van der Waals surface area contributed by atoms with Crippen molar-refractivity contribution in [3.63, 3.8) is 0 Å². The van der Waals surface area contributed by atoms with Crippen LogP contribution in [-0.2, 0) is 30.7 Å². The third-order valence-electron chi connectivity index (χ3n) is 5.84.